The number of ether oxygens (including phenoxy) is 1. The molecule has 3 aromatic rings. The maximum Gasteiger partial charge on any atom is 0.416 e. The van der Waals surface area contributed by atoms with E-state index in [1.165, 1.54) is 24.4 Å². The predicted octanol–water partition coefficient (Wildman–Crippen LogP) is 5.12. The van der Waals surface area contributed by atoms with Crippen LogP contribution < -0.4 is 4.74 Å². The Labute approximate surface area is 141 Å². The van der Waals surface area contributed by atoms with Crippen LogP contribution in [0.25, 0.3) is 0 Å². The van der Waals surface area contributed by atoms with E-state index < -0.39 is 17.5 Å². The van der Waals surface area contributed by atoms with E-state index >= 15 is 0 Å². The highest BCUT2D eigenvalue weighted by Crippen LogP contribution is 2.31. The van der Waals surface area contributed by atoms with E-state index in [-0.39, 0.29) is 22.8 Å². The minimum Gasteiger partial charge on any atom is -0.438 e. The number of pyridine rings is 1. The van der Waals surface area contributed by atoms with Crippen LogP contribution in [0, 0.1) is 0 Å². The lowest BCUT2D eigenvalue weighted by atomic mass is 10.0. The molecule has 3 nitrogen and oxygen atoms in total. The van der Waals surface area contributed by atoms with Crippen molar-refractivity contribution in [3.63, 3.8) is 0 Å². The summed E-state index contributed by atoms with van der Waals surface area (Å²) in [5, 5.41) is 0. The molecule has 0 spiro atoms. The van der Waals surface area contributed by atoms with Gasteiger partial charge in [0.05, 0.1) is 11.1 Å². The number of nitrogens with zero attached hydrogens (tertiary/aromatic N) is 1. The van der Waals surface area contributed by atoms with Gasteiger partial charge >= 0.3 is 6.18 Å². The second kappa shape index (κ2) is 6.76. The van der Waals surface area contributed by atoms with Crippen LogP contribution in [0.2, 0.25) is 0 Å². The number of para-hydroxylation sites is 1. The summed E-state index contributed by atoms with van der Waals surface area (Å²) in [6.07, 6.45) is -2.98. The summed E-state index contributed by atoms with van der Waals surface area (Å²) in [7, 11) is 0. The summed E-state index contributed by atoms with van der Waals surface area (Å²) in [5.41, 5.74) is -0.777. The highest BCUT2D eigenvalue weighted by molar-refractivity contribution is 6.10. The Kier molecular flexibility index (Phi) is 4.52. The first kappa shape index (κ1) is 16.7. The van der Waals surface area contributed by atoms with Gasteiger partial charge in [-0.25, -0.2) is 4.98 Å². The molecule has 0 saturated heterocycles. The van der Waals surface area contributed by atoms with Crippen LogP contribution in [-0.4, -0.2) is 10.8 Å². The fourth-order valence-corrected chi connectivity index (χ4v) is 2.26. The molecule has 2 aromatic carbocycles. The maximum atomic E-state index is 12.9. The number of hydrogen-bond acceptors (Lipinski definition) is 3. The second-order valence-electron chi connectivity index (χ2n) is 5.17. The van der Waals surface area contributed by atoms with Crippen LogP contribution in [0.1, 0.15) is 21.5 Å². The summed E-state index contributed by atoms with van der Waals surface area (Å²) in [4.78, 5) is 16.7. The number of carbonyl (C=O) groups is 1. The minimum absolute atomic E-state index is 0.0631. The highest BCUT2D eigenvalue weighted by Gasteiger charge is 2.31. The standard InChI is InChI=1S/C19H12F3NO2/c20-19(21,22)14-7-5-6-13(12-14)18(24)15-8-1-2-9-16(15)25-17-10-3-4-11-23-17/h1-12H. The Morgan fingerprint density at radius 2 is 1.68 bits per heavy atom. The minimum atomic E-state index is -4.51. The van der Waals surface area contributed by atoms with E-state index in [9.17, 15) is 18.0 Å². The molecule has 6 heteroatoms. The Morgan fingerprint density at radius 1 is 0.920 bits per heavy atom. The molecule has 0 atom stereocenters. The summed E-state index contributed by atoms with van der Waals surface area (Å²) in [6.45, 7) is 0. The van der Waals surface area contributed by atoms with Gasteiger partial charge < -0.3 is 4.74 Å². The third-order valence-electron chi connectivity index (χ3n) is 3.44. The predicted molar refractivity (Wildman–Crippen MR) is 85.6 cm³/mol. The molecule has 126 valence electrons. The molecule has 25 heavy (non-hydrogen) atoms. The van der Waals surface area contributed by atoms with Crippen molar-refractivity contribution in [3.8, 4) is 11.6 Å². The van der Waals surface area contributed by atoms with Crippen LogP contribution in [0.3, 0.4) is 0 Å². The average molecular weight is 343 g/mol. The molecule has 0 saturated carbocycles. The van der Waals surface area contributed by atoms with Gasteiger partial charge in [0, 0.05) is 17.8 Å². The summed E-state index contributed by atoms with van der Waals surface area (Å²) in [5.74, 6) is -0.0481. The quantitative estimate of drug-likeness (QED) is 0.617. The number of benzene rings is 2. The SMILES string of the molecule is O=C(c1cccc(C(F)(F)F)c1)c1ccccc1Oc1ccccn1. The molecule has 1 aromatic heterocycles. The Bertz CT molecular complexity index is 892. The van der Waals surface area contributed by atoms with E-state index in [0.717, 1.165) is 12.1 Å². The van der Waals surface area contributed by atoms with Crippen molar-refractivity contribution in [1.29, 1.82) is 0 Å². The zero-order valence-electron chi connectivity index (χ0n) is 12.8. The van der Waals surface area contributed by atoms with Crippen molar-refractivity contribution < 1.29 is 22.7 Å². The number of hydrogen-bond donors (Lipinski definition) is 0. The normalized spacial score (nSPS) is 11.2. The zero-order chi connectivity index (χ0) is 17.9. The van der Waals surface area contributed by atoms with E-state index in [2.05, 4.69) is 4.98 Å². The lowest BCUT2D eigenvalue weighted by molar-refractivity contribution is -0.137. The Morgan fingerprint density at radius 3 is 2.40 bits per heavy atom. The number of ketones is 1. The van der Waals surface area contributed by atoms with E-state index in [0.29, 0.717) is 0 Å². The van der Waals surface area contributed by atoms with Gasteiger partial charge in [0.25, 0.3) is 0 Å². The first-order valence-electron chi connectivity index (χ1n) is 7.35. The van der Waals surface area contributed by atoms with Gasteiger partial charge in [-0.15, -0.1) is 0 Å². The van der Waals surface area contributed by atoms with Crippen LogP contribution in [0.4, 0.5) is 13.2 Å². The number of alkyl halides is 3. The topological polar surface area (TPSA) is 39.2 Å². The fraction of sp³-hybridized carbons (Fsp3) is 0.0526. The van der Waals surface area contributed by atoms with Gasteiger partial charge in [-0.3, -0.25) is 4.79 Å². The molecule has 0 radical (unpaired) electrons. The first-order chi connectivity index (χ1) is 11.9. The van der Waals surface area contributed by atoms with E-state index in [1.54, 1.807) is 36.4 Å². The Balaban J connectivity index is 1.96. The van der Waals surface area contributed by atoms with Gasteiger partial charge in [0.15, 0.2) is 5.78 Å². The van der Waals surface area contributed by atoms with E-state index in [4.69, 9.17) is 4.74 Å². The van der Waals surface area contributed by atoms with Crippen molar-refractivity contribution in [1.82, 2.24) is 4.98 Å². The van der Waals surface area contributed by atoms with Gasteiger partial charge in [-0.1, -0.05) is 30.3 Å². The molecule has 0 fully saturated rings. The molecular weight excluding hydrogens is 331 g/mol. The van der Waals surface area contributed by atoms with Crippen molar-refractivity contribution in [2.24, 2.45) is 0 Å². The molecular formula is C19H12F3NO2. The largest absolute Gasteiger partial charge is 0.438 e. The van der Waals surface area contributed by atoms with Crippen LogP contribution in [-0.2, 0) is 6.18 Å². The first-order valence-corrected chi connectivity index (χ1v) is 7.35. The van der Waals surface area contributed by atoms with Crippen molar-refractivity contribution in [3.05, 3.63) is 89.6 Å². The molecule has 0 aliphatic carbocycles. The molecule has 0 amide bonds. The summed E-state index contributed by atoms with van der Waals surface area (Å²) >= 11 is 0. The van der Waals surface area contributed by atoms with Crippen LogP contribution >= 0.6 is 0 Å². The molecule has 0 aliphatic heterocycles. The van der Waals surface area contributed by atoms with Gasteiger partial charge in [0.2, 0.25) is 5.88 Å². The van der Waals surface area contributed by atoms with Crippen molar-refractivity contribution in [2.45, 2.75) is 6.18 Å². The molecule has 3 rings (SSSR count). The van der Waals surface area contributed by atoms with Gasteiger partial charge in [-0.2, -0.15) is 13.2 Å². The third-order valence-corrected chi connectivity index (χ3v) is 3.44. The zero-order valence-corrected chi connectivity index (χ0v) is 12.8. The smallest absolute Gasteiger partial charge is 0.416 e. The molecule has 0 bridgehead atoms. The van der Waals surface area contributed by atoms with Crippen molar-refractivity contribution in [2.75, 3.05) is 0 Å². The van der Waals surface area contributed by atoms with Crippen LogP contribution in [0.15, 0.2) is 72.9 Å². The summed E-state index contributed by atoms with van der Waals surface area (Å²) < 4.78 is 44.2. The number of carbonyl (C=O) groups excluding carboxylic acids is 1. The molecule has 0 N–H and O–H groups in total. The monoisotopic (exact) mass is 343 g/mol. The molecule has 0 aliphatic rings. The number of aromatic nitrogens is 1. The average Bonchev–Trinajstić information content (AvgIpc) is 2.62. The number of halogens is 3. The fourth-order valence-electron chi connectivity index (χ4n) is 2.26. The number of rotatable bonds is 4. The van der Waals surface area contributed by atoms with Gasteiger partial charge in [-0.05, 0) is 30.3 Å². The van der Waals surface area contributed by atoms with Crippen LogP contribution in [0.5, 0.6) is 11.6 Å². The summed E-state index contributed by atoms with van der Waals surface area (Å²) in [6, 6.07) is 15.7. The van der Waals surface area contributed by atoms with Crippen molar-refractivity contribution >= 4 is 5.78 Å². The lowest BCUT2D eigenvalue weighted by Crippen LogP contribution is -2.09. The maximum absolute atomic E-state index is 12.9. The Hall–Kier alpha value is -3.15. The van der Waals surface area contributed by atoms with Gasteiger partial charge in [0.1, 0.15) is 5.75 Å². The second-order valence-corrected chi connectivity index (χ2v) is 5.17. The molecule has 0 unspecified atom stereocenters. The lowest BCUT2D eigenvalue weighted by Gasteiger charge is -2.11. The highest BCUT2D eigenvalue weighted by atomic mass is 19.4. The third kappa shape index (κ3) is 3.85. The van der Waals surface area contributed by atoms with E-state index in [1.807, 2.05) is 0 Å². The molecule has 1 heterocycles.